The number of nitrogens with zero attached hydrogens (tertiary/aromatic N) is 2. The predicted octanol–water partition coefficient (Wildman–Crippen LogP) is 2.40. The van der Waals surface area contributed by atoms with Gasteiger partial charge >= 0.3 is 0 Å². The van der Waals surface area contributed by atoms with E-state index in [1.807, 2.05) is 6.92 Å². The van der Waals surface area contributed by atoms with E-state index >= 15 is 0 Å². The summed E-state index contributed by atoms with van der Waals surface area (Å²) in [4.78, 5) is 28.4. The van der Waals surface area contributed by atoms with Gasteiger partial charge in [-0.05, 0) is 44.9 Å². The normalized spacial score (nSPS) is 28.6. The summed E-state index contributed by atoms with van der Waals surface area (Å²) >= 11 is 0. The van der Waals surface area contributed by atoms with E-state index in [2.05, 4.69) is 0 Å². The van der Waals surface area contributed by atoms with Gasteiger partial charge in [0, 0.05) is 5.56 Å². The fourth-order valence-corrected chi connectivity index (χ4v) is 4.18. The van der Waals surface area contributed by atoms with Gasteiger partial charge in [-0.1, -0.05) is 31.4 Å². The number of aliphatic hydroxyl groups excluding tert-OH is 1. The van der Waals surface area contributed by atoms with Crippen LogP contribution in [-0.4, -0.2) is 52.1 Å². The largest absolute Gasteiger partial charge is 0.361 e. The Morgan fingerprint density at radius 2 is 2.00 bits per heavy atom. The molecule has 1 aliphatic carbocycles. The van der Waals surface area contributed by atoms with Gasteiger partial charge in [-0.3, -0.25) is 14.5 Å². The molecule has 0 radical (unpaired) electrons. The Labute approximate surface area is 147 Å². The number of benzene rings is 1. The van der Waals surface area contributed by atoms with E-state index in [0.29, 0.717) is 0 Å². The molecular weight excluding hydrogens is 323 g/mol. The van der Waals surface area contributed by atoms with Gasteiger partial charge in [0.15, 0.2) is 12.1 Å². The molecule has 1 aromatic carbocycles. The third-order valence-electron chi connectivity index (χ3n) is 5.91. The van der Waals surface area contributed by atoms with Crippen LogP contribution in [0, 0.1) is 11.7 Å². The van der Waals surface area contributed by atoms with E-state index in [4.69, 9.17) is 0 Å². The molecule has 3 rings (SSSR count). The average molecular weight is 348 g/mol. The zero-order chi connectivity index (χ0) is 18.2. The molecule has 0 bridgehead atoms. The fourth-order valence-electron chi connectivity index (χ4n) is 4.18. The summed E-state index contributed by atoms with van der Waals surface area (Å²) < 4.78 is 13.3. The Balaban J connectivity index is 1.80. The zero-order valence-electron chi connectivity index (χ0n) is 14.7. The number of carbonyl (C=O) groups is 2. The molecule has 25 heavy (non-hydrogen) atoms. The van der Waals surface area contributed by atoms with Crippen LogP contribution < -0.4 is 0 Å². The van der Waals surface area contributed by atoms with Crippen LogP contribution in [0.3, 0.4) is 0 Å². The van der Waals surface area contributed by atoms with Gasteiger partial charge in [-0.2, -0.15) is 0 Å². The van der Waals surface area contributed by atoms with E-state index in [1.54, 1.807) is 11.9 Å². The molecule has 2 fully saturated rings. The Hall–Kier alpha value is -1.79. The Morgan fingerprint density at radius 1 is 1.32 bits per heavy atom. The van der Waals surface area contributed by atoms with Crippen LogP contribution in [0.1, 0.15) is 49.4 Å². The molecule has 1 aromatic rings. The zero-order valence-corrected chi connectivity index (χ0v) is 14.7. The van der Waals surface area contributed by atoms with Crippen molar-refractivity contribution >= 4 is 11.7 Å². The third kappa shape index (κ3) is 3.09. The van der Waals surface area contributed by atoms with Crippen LogP contribution in [0.15, 0.2) is 24.3 Å². The number of likely N-dealkylation sites (N-methyl/N-ethyl adjacent to an activating group) is 1. The molecule has 136 valence electrons. The first kappa shape index (κ1) is 18.0. The van der Waals surface area contributed by atoms with Crippen molar-refractivity contribution in [1.82, 2.24) is 9.80 Å². The van der Waals surface area contributed by atoms with Crippen molar-refractivity contribution in [1.29, 1.82) is 0 Å². The third-order valence-corrected chi connectivity index (χ3v) is 5.91. The molecular formula is C19H25FN2O3. The SMILES string of the molecule is CN1C(O)N(CC(=O)c2cccc(F)c2)C(=O)C1(C)C1CCCCC1. The van der Waals surface area contributed by atoms with E-state index in [9.17, 15) is 19.1 Å². The van der Waals surface area contributed by atoms with Gasteiger partial charge in [0.1, 0.15) is 11.4 Å². The minimum atomic E-state index is -1.14. The number of hydrogen-bond acceptors (Lipinski definition) is 4. The van der Waals surface area contributed by atoms with E-state index < -0.39 is 17.7 Å². The predicted molar refractivity (Wildman–Crippen MR) is 91.2 cm³/mol. The topological polar surface area (TPSA) is 60.9 Å². The average Bonchev–Trinajstić information content (AvgIpc) is 2.78. The molecule has 1 heterocycles. The smallest absolute Gasteiger partial charge is 0.246 e. The van der Waals surface area contributed by atoms with Gasteiger partial charge in [-0.15, -0.1) is 0 Å². The Bertz CT molecular complexity index is 674. The molecule has 1 amide bonds. The minimum Gasteiger partial charge on any atom is -0.361 e. The second kappa shape index (κ2) is 6.84. The monoisotopic (exact) mass is 348 g/mol. The van der Waals surface area contributed by atoms with E-state index in [-0.39, 0.29) is 29.7 Å². The maximum atomic E-state index is 13.3. The highest BCUT2D eigenvalue weighted by molar-refractivity contribution is 6.00. The van der Waals surface area contributed by atoms with Crippen molar-refractivity contribution in [2.24, 2.45) is 5.92 Å². The van der Waals surface area contributed by atoms with Gasteiger partial charge in [0.25, 0.3) is 0 Å². The highest BCUT2D eigenvalue weighted by Gasteiger charge is 2.56. The first-order valence-electron chi connectivity index (χ1n) is 8.86. The molecule has 0 aromatic heterocycles. The fraction of sp³-hybridized carbons (Fsp3) is 0.579. The molecule has 5 nitrogen and oxygen atoms in total. The van der Waals surface area contributed by atoms with Crippen LogP contribution in [-0.2, 0) is 4.79 Å². The molecule has 1 saturated carbocycles. The lowest BCUT2D eigenvalue weighted by Crippen LogP contribution is -2.52. The number of rotatable bonds is 4. The second-order valence-electron chi connectivity index (χ2n) is 7.31. The Morgan fingerprint density at radius 3 is 2.64 bits per heavy atom. The molecule has 1 aliphatic heterocycles. The number of aliphatic hydroxyl groups is 1. The number of amides is 1. The van der Waals surface area contributed by atoms with Gasteiger partial charge in [0.2, 0.25) is 5.91 Å². The molecule has 1 saturated heterocycles. The molecule has 2 unspecified atom stereocenters. The van der Waals surface area contributed by atoms with Crippen LogP contribution in [0.25, 0.3) is 0 Å². The summed E-state index contributed by atoms with van der Waals surface area (Å²) in [7, 11) is 1.73. The number of ketones is 1. The van der Waals surface area contributed by atoms with Crippen molar-refractivity contribution in [3.8, 4) is 0 Å². The molecule has 0 spiro atoms. The second-order valence-corrected chi connectivity index (χ2v) is 7.31. The van der Waals surface area contributed by atoms with Crippen molar-refractivity contribution in [2.75, 3.05) is 13.6 Å². The summed E-state index contributed by atoms with van der Waals surface area (Å²) in [5, 5.41) is 10.5. The standard InChI is InChI=1S/C19H25FN2O3/c1-19(14-8-4-3-5-9-14)17(24)22(18(25)21(19)2)12-16(23)13-7-6-10-15(20)11-13/h6-7,10-11,14,18,25H,3-5,8-9,12H2,1-2H3. The molecule has 1 N–H and O–H groups in total. The van der Waals surface area contributed by atoms with Gasteiger partial charge < -0.3 is 5.11 Å². The first-order chi connectivity index (χ1) is 11.9. The summed E-state index contributed by atoms with van der Waals surface area (Å²) in [6.07, 6.45) is 4.10. The Kier molecular flexibility index (Phi) is 4.93. The van der Waals surface area contributed by atoms with Crippen LogP contribution in [0.2, 0.25) is 0 Å². The number of hydrogen-bond donors (Lipinski definition) is 1. The van der Waals surface area contributed by atoms with Gasteiger partial charge in [-0.25, -0.2) is 9.29 Å². The maximum absolute atomic E-state index is 13.3. The highest BCUT2D eigenvalue weighted by atomic mass is 19.1. The van der Waals surface area contributed by atoms with Crippen LogP contribution in [0.5, 0.6) is 0 Å². The first-order valence-corrected chi connectivity index (χ1v) is 8.86. The molecule has 2 aliphatic rings. The van der Waals surface area contributed by atoms with E-state index in [0.717, 1.165) is 31.7 Å². The molecule has 6 heteroatoms. The van der Waals surface area contributed by atoms with Crippen LogP contribution in [0.4, 0.5) is 4.39 Å². The quantitative estimate of drug-likeness (QED) is 0.849. The lowest BCUT2D eigenvalue weighted by molar-refractivity contribution is -0.137. The maximum Gasteiger partial charge on any atom is 0.246 e. The van der Waals surface area contributed by atoms with Crippen molar-refractivity contribution in [3.05, 3.63) is 35.6 Å². The lowest BCUT2D eigenvalue weighted by Gasteiger charge is -2.39. The number of Topliss-reactive ketones (excluding diaryl/α,β-unsaturated/α-hetero) is 1. The van der Waals surface area contributed by atoms with E-state index in [1.165, 1.54) is 29.5 Å². The lowest BCUT2D eigenvalue weighted by atomic mass is 9.75. The molecule has 2 atom stereocenters. The van der Waals surface area contributed by atoms with Crippen molar-refractivity contribution in [3.63, 3.8) is 0 Å². The highest BCUT2D eigenvalue weighted by Crippen LogP contribution is 2.41. The number of halogens is 1. The number of carbonyl (C=O) groups excluding carboxylic acids is 2. The summed E-state index contributed by atoms with van der Waals surface area (Å²) in [5.74, 6) is -0.932. The summed E-state index contributed by atoms with van der Waals surface area (Å²) in [5.41, 5.74) is -0.601. The minimum absolute atomic E-state index is 0.169. The summed E-state index contributed by atoms with van der Waals surface area (Å²) in [6.45, 7) is 1.61. The van der Waals surface area contributed by atoms with Gasteiger partial charge in [0.05, 0.1) is 6.54 Å². The van der Waals surface area contributed by atoms with Crippen molar-refractivity contribution < 1.29 is 19.1 Å². The van der Waals surface area contributed by atoms with Crippen molar-refractivity contribution in [2.45, 2.75) is 50.9 Å². The summed E-state index contributed by atoms with van der Waals surface area (Å²) in [6, 6.07) is 5.39. The van der Waals surface area contributed by atoms with Crippen LogP contribution >= 0.6 is 0 Å².